The molecule has 2 N–H and O–H groups in total. The van der Waals surface area contributed by atoms with Crippen LogP contribution < -0.4 is 5.73 Å². The lowest BCUT2D eigenvalue weighted by molar-refractivity contribution is 0.0320. The van der Waals surface area contributed by atoms with E-state index < -0.39 is 5.67 Å². The molecule has 1 heterocycles. The van der Waals surface area contributed by atoms with Gasteiger partial charge in [0.05, 0.1) is 12.3 Å². The van der Waals surface area contributed by atoms with Crippen molar-refractivity contribution in [2.24, 2.45) is 5.73 Å². The molecule has 0 saturated heterocycles. The van der Waals surface area contributed by atoms with Gasteiger partial charge in [-0.3, -0.25) is 4.68 Å². The zero-order valence-electron chi connectivity index (χ0n) is 11.6. The number of hydrogen-bond donors (Lipinski definition) is 1. The molecular formula is C13H24FN3O. The lowest BCUT2D eigenvalue weighted by Gasteiger charge is -2.24. The van der Waals surface area contributed by atoms with E-state index in [-0.39, 0.29) is 6.61 Å². The van der Waals surface area contributed by atoms with Gasteiger partial charge in [0.1, 0.15) is 5.67 Å². The predicted molar refractivity (Wildman–Crippen MR) is 70.3 cm³/mol. The SMILES string of the molecule is CCn1nc(C)cc1CC(F)(CCCN)COC. The van der Waals surface area contributed by atoms with E-state index in [1.165, 1.54) is 7.11 Å². The first-order valence-corrected chi connectivity index (χ1v) is 6.46. The summed E-state index contributed by atoms with van der Waals surface area (Å²) in [5.41, 5.74) is 5.95. The monoisotopic (exact) mass is 257 g/mol. The van der Waals surface area contributed by atoms with Gasteiger partial charge in [-0.05, 0) is 39.3 Å². The first-order valence-electron chi connectivity index (χ1n) is 6.46. The Bertz CT molecular complexity index is 367. The smallest absolute Gasteiger partial charge is 0.139 e. The highest BCUT2D eigenvalue weighted by Gasteiger charge is 2.31. The zero-order chi connectivity index (χ0) is 13.6. The van der Waals surface area contributed by atoms with Gasteiger partial charge in [-0.15, -0.1) is 0 Å². The maximum Gasteiger partial charge on any atom is 0.139 e. The van der Waals surface area contributed by atoms with E-state index in [4.69, 9.17) is 10.5 Å². The third-order valence-corrected chi connectivity index (χ3v) is 3.01. The Morgan fingerprint density at radius 3 is 2.83 bits per heavy atom. The number of aromatic nitrogens is 2. The van der Waals surface area contributed by atoms with Gasteiger partial charge in [-0.1, -0.05) is 0 Å². The van der Waals surface area contributed by atoms with Crippen molar-refractivity contribution in [2.75, 3.05) is 20.3 Å². The van der Waals surface area contributed by atoms with Crippen LogP contribution in [0.5, 0.6) is 0 Å². The summed E-state index contributed by atoms with van der Waals surface area (Å²) in [4.78, 5) is 0. The third kappa shape index (κ3) is 4.07. The van der Waals surface area contributed by atoms with E-state index in [9.17, 15) is 4.39 Å². The fraction of sp³-hybridized carbons (Fsp3) is 0.769. The molecule has 0 aliphatic heterocycles. The van der Waals surface area contributed by atoms with Crippen LogP contribution >= 0.6 is 0 Å². The summed E-state index contributed by atoms with van der Waals surface area (Å²) >= 11 is 0. The highest BCUT2D eigenvalue weighted by molar-refractivity contribution is 5.12. The molecule has 0 aliphatic carbocycles. The highest BCUT2D eigenvalue weighted by Crippen LogP contribution is 2.24. The largest absolute Gasteiger partial charge is 0.381 e. The molecule has 1 rings (SSSR count). The van der Waals surface area contributed by atoms with Crippen molar-refractivity contribution in [1.29, 1.82) is 0 Å². The summed E-state index contributed by atoms with van der Waals surface area (Å²) in [5.74, 6) is 0. The molecule has 0 aromatic carbocycles. The summed E-state index contributed by atoms with van der Waals surface area (Å²) in [6.45, 7) is 5.28. The van der Waals surface area contributed by atoms with Crippen LogP contribution in [0.4, 0.5) is 4.39 Å². The minimum Gasteiger partial charge on any atom is -0.381 e. The van der Waals surface area contributed by atoms with Crippen LogP contribution in [0.1, 0.15) is 31.2 Å². The summed E-state index contributed by atoms with van der Waals surface area (Å²) < 4.78 is 21.6. The number of nitrogens with two attached hydrogens (primary N) is 1. The van der Waals surface area contributed by atoms with Crippen molar-refractivity contribution >= 4 is 0 Å². The number of nitrogens with zero attached hydrogens (tertiary/aromatic N) is 2. The number of rotatable bonds is 8. The van der Waals surface area contributed by atoms with E-state index in [1.54, 1.807) is 0 Å². The molecule has 0 saturated carbocycles. The van der Waals surface area contributed by atoms with Crippen LogP contribution in [0, 0.1) is 6.92 Å². The van der Waals surface area contributed by atoms with Gasteiger partial charge in [0.25, 0.3) is 0 Å². The van der Waals surface area contributed by atoms with Crippen molar-refractivity contribution in [1.82, 2.24) is 9.78 Å². The zero-order valence-corrected chi connectivity index (χ0v) is 11.6. The molecule has 1 unspecified atom stereocenters. The van der Waals surface area contributed by atoms with Crippen LogP contribution in [-0.4, -0.2) is 35.7 Å². The number of alkyl halides is 1. The molecule has 1 atom stereocenters. The van der Waals surface area contributed by atoms with Crippen molar-refractivity contribution in [3.05, 3.63) is 17.5 Å². The van der Waals surface area contributed by atoms with Gasteiger partial charge in [0, 0.05) is 25.8 Å². The van der Waals surface area contributed by atoms with E-state index in [1.807, 2.05) is 24.6 Å². The summed E-state index contributed by atoms with van der Waals surface area (Å²) in [5, 5.41) is 4.34. The minimum atomic E-state index is -1.35. The topological polar surface area (TPSA) is 53.1 Å². The third-order valence-electron chi connectivity index (χ3n) is 3.01. The fourth-order valence-corrected chi connectivity index (χ4v) is 2.23. The Balaban J connectivity index is 2.81. The number of methoxy groups -OCH3 is 1. The Kier molecular flexibility index (Phi) is 5.75. The number of ether oxygens (including phenoxy) is 1. The molecule has 5 heteroatoms. The number of halogens is 1. The summed E-state index contributed by atoms with van der Waals surface area (Å²) in [6, 6.07) is 1.94. The van der Waals surface area contributed by atoms with Crippen molar-refractivity contribution in [3.8, 4) is 0 Å². The molecule has 104 valence electrons. The normalized spacial score (nSPS) is 14.7. The second-order valence-corrected chi connectivity index (χ2v) is 4.75. The quantitative estimate of drug-likeness (QED) is 0.773. The highest BCUT2D eigenvalue weighted by atomic mass is 19.1. The molecule has 0 bridgehead atoms. The predicted octanol–water partition coefficient (Wildman–Crippen LogP) is 1.85. The van der Waals surface area contributed by atoms with Gasteiger partial charge < -0.3 is 10.5 Å². The first-order chi connectivity index (χ1) is 8.54. The van der Waals surface area contributed by atoms with Crippen LogP contribution in [0.3, 0.4) is 0 Å². The number of aryl methyl sites for hydroxylation is 2. The van der Waals surface area contributed by atoms with Gasteiger partial charge >= 0.3 is 0 Å². The van der Waals surface area contributed by atoms with E-state index in [2.05, 4.69) is 5.10 Å². The maximum absolute atomic E-state index is 14.8. The van der Waals surface area contributed by atoms with Crippen molar-refractivity contribution < 1.29 is 9.13 Å². The Labute approximate surface area is 108 Å². The Morgan fingerprint density at radius 2 is 2.28 bits per heavy atom. The van der Waals surface area contributed by atoms with Crippen LogP contribution in [-0.2, 0) is 17.7 Å². The van der Waals surface area contributed by atoms with Crippen molar-refractivity contribution in [2.45, 2.75) is 45.3 Å². The van der Waals surface area contributed by atoms with Crippen LogP contribution in [0.25, 0.3) is 0 Å². The lowest BCUT2D eigenvalue weighted by Crippen LogP contribution is -2.33. The molecule has 0 spiro atoms. The Hall–Kier alpha value is -0.940. The molecule has 0 amide bonds. The van der Waals surface area contributed by atoms with Crippen LogP contribution in [0.2, 0.25) is 0 Å². The average Bonchev–Trinajstić information content (AvgIpc) is 2.67. The van der Waals surface area contributed by atoms with E-state index in [0.29, 0.717) is 25.8 Å². The van der Waals surface area contributed by atoms with Crippen molar-refractivity contribution in [3.63, 3.8) is 0 Å². The maximum atomic E-state index is 14.8. The van der Waals surface area contributed by atoms with Gasteiger partial charge in [-0.2, -0.15) is 5.10 Å². The molecule has 0 radical (unpaired) electrons. The van der Waals surface area contributed by atoms with Gasteiger partial charge in [0.2, 0.25) is 0 Å². The average molecular weight is 257 g/mol. The molecule has 18 heavy (non-hydrogen) atoms. The Morgan fingerprint density at radius 1 is 1.56 bits per heavy atom. The molecule has 1 aromatic rings. The fourth-order valence-electron chi connectivity index (χ4n) is 2.23. The molecule has 4 nitrogen and oxygen atoms in total. The van der Waals surface area contributed by atoms with Gasteiger partial charge in [-0.25, -0.2) is 4.39 Å². The minimum absolute atomic E-state index is 0.0982. The first kappa shape index (κ1) is 15.1. The molecule has 0 aliphatic rings. The van der Waals surface area contributed by atoms with Gasteiger partial charge in [0.15, 0.2) is 0 Å². The van der Waals surface area contributed by atoms with Crippen LogP contribution in [0.15, 0.2) is 6.07 Å². The van der Waals surface area contributed by atoms with E-state index >= 15 is 0 Å². The summed E-state index contributed by atoms with van der Waals surface area (Å²) in [7, 11) is 1.53. The molecular weight excluding hydrogens is 233 g/mol. The second kappa shape index (κ2) is 6.85. The lowest BCUT2D eigenvalue weighted by atomic mass is 9.94. The second-order valence-electron chi connectivity index (χ2n) is 4.75. The standard InChI is InChI=1S/C13H24FN3O/c1-4-17-12(8-11(2)16-17)9-13(14,10-18-3)6-5-7-15/h8H,4-7,9-10,15H2,1-3H3. The number of hydrogen-bond acceptors (Lipinski definition) is 3. The van der Waals surface area contributed by atoms with E-state index in [0.717, 1.165) is 17.9 Å². The molecule has 0 fully saturated rings. The molecule has 1 aromatic heterocycles. The summed E-state index contributed by atoms with van der Waals surface area (Å²) in [6.07, 6.45) is 1.42.